The van der Waals surface area contributed by atoms with Crippen molar-refractivity contribution in [1.29, 1.82) is 0 Å². The minimum Gasteiger partial charge on any atom is -0.493 e. The molecule has 5 heteroatoms. The summed E-state index contributed by atoms with van der Waals surface area (Å²) in [6, 6.07) is 8.11. The lowest BCUT2D eigenvalue weighted by atomic mass is 10.0. The van der Waals surface area contributed by atoms with E-state index < -0.39 is 0 Å². The highest BCUT2D eigenvalue weighted by atomic mass is 16.5. The smallest absolute Gasteiger partial charge is 0.230 e. The topological polar surface area (TPSA) is 74.2 Å². The van der Waals surface area contributed by atoms with Crippen molar-refractivity contribution in [3.05, 3.63) is 41.6 Å². The molecule has 2 N–H and O–H groups in total. The molecule has 0 bridgehead atoms. The van der Waals surface area contributed by atoms with Gasteiger partial charge in [-0.15, -0.1) is 10.2 Å². The Hall–Kier alpha value is -1.88. The fourth-order valence-electron chi connectivity index (χ4n) is 1.69. The molecule has 1 heterocycles. The number of nitrogens with zero attached hydrogens (tertiary/aromatic N) is 2. The SMILES string of the molecule is CC(C)c1cccc(OCCc2nnc(CN)o2)c1. The lowest BCUT2D eigenvalue weighted by molar-refractivity contribution is 0.303. The first-order chi connectivity index (χ1) is 9.19. The lowest BCUT2D eigenvalue weighted by Gasteiger charge is -2.09. The number of benzene rings is 1. The van der Waals surface area contributed by atoms with Gasteiger partial charge < -0.3 is 14.9 Å². The van der Waals surface area contributed by atoms with Crippen molar-refractivity contribution in [2.75, 3.05) is 6.61 Å². The molecule has 1 aromatic carbocycles. The van der Waals surface area contributed by atoms with Crippen LogP contribution in [-0.2, 0) is 13.0 Å². The summed E-state index contributed by atoms with van der Waals surface area (Å²) < 4.78 is 11.0. The standard InChI is InChI=1S/C14H19N3O2/c1-10(2)11-4-3-5-12(8-11)18-7-6-13-16-17-14(9-15)19-13/h3-5,8,10H,6-7,9,15H2,1-2H3. The first-order valence-corrected chi connectivity index (χ1v) is 6.43. The van der Waals surface area contributed by atoms with Crippen LogP contribution in [-0.4, -0.2) is 16.8 Å². The number of aromatic nitrogens is 2. The second kappa shape index (κ2) is 6.33. The van der Waals surface area contributed by atoms with Crippen molar-refractivity contribution in [3.8, 4) is 5.75 Å². The summed E-state index contributed by atoms with van der Waals surface area (Å²) in [6.07, 6.45) is 0.582. The molecule has 102 valence electrons. The molecular weight excluding hydrogens is 242 g/mol. The predicted molar refractivity (Wildman–Crippen MR) is 71.9 cm³/mol. The summed E-state index contributed by atoms with van der Waals surface area (Å²) in [5.41, 5.74) is 6.66. The van der Waals surface area contributed by atoms with E-state index in [1.807, 2.05) is 12.1 Å². The van der Waals surface area contributed by atoms with Gasteiger partial charge in [0.1, 0.15) is 5.75 Å². The zero-order valence-corrected chi connectivity index (χ0v) is 11.3. The van der Waals surface area contributed by atoms with Gasteiger partial charge in [-0.3, -0.25) is 0 Å². The van der Waals surface area contributed by atoms with Gasteiger partial charge in [-0.25, -0.2) is 0 Å². The third-order valence-electron chi connectivity index (χ3n) is 2.79. The van der Waals surface area contributed by atoms with Crippen molar-refractivity contribution in [1.82, 2.24) is 10.2 Å². The van der Waals surface area contributed by atoms with Gasteiger partial charge in [-0.2, -0.15) is 0 Å². The van der Waals surface area contributed by atoms with Gasteiger partial charge in [0.15, 0.2) is 0 Å². The normalized spacial score (nSPS) is 10.9. The van der Waals surface area contributed by atoms with Crippen LogP contribution in [0.25, 0.3) is 0 Å². The molecule has 0 amide bonds. The Balaban J connectivity index is 1.86. The number of nitrogens with two attached hydrogens (primary N) is 1. The van der Waals surface area contributed by atoms with Crippen molar-refractivity contribution in [2.24, 2.45) is 5.73 Å². The Morgan fingerprint density at radius 3 is 2.74 bits per heavy atom. The summed E-state index contributed by atoms with van der Waals surface area (Å²) in [7, 11) is 0. The minimum atomic E-state index is 0.268. The second-order valence-electron chi connectivity index (χ2n) is 4.62. The van der Waals surface area contributed by atoms with Crippen molar-refractivity contribution < 1.29 is 9.15 Å². The summed E-state index contributed by atoms with van der Waals surface area (Å²) >= 11 is 0. The monoisotopic (exact) mass is 261 g/mol. The molecule has 0 saturated heterocycles. The maximum absolute atomic E-state index is 5.68. The van der Waals surface area contributed by atoms with E-state index in [0.717, 1.165) is 5.75 Å². The zero-order valence-electron chi connectivity index (χ0n) is 11.3. The highest BCUT2D eigenvalue weighted by molar-refractivity contribution is 5.30. The van der Waals surface area contributed by atoms with E-state index >= 15 is 0 Å². The zero-order chi connectivity index (χ0) is 13.7. The Labute approximate surface area is 112 Å². The Morgan fingerprint density at radius 1 is 1.26 bits per heavy atom. The van der Waals surface area contributed by atoms with E-state index in [9.17, 15) is 0 Å². The molecule has 19 heavy (non-hydrogen) atoms. The second-order valence-corrected chi connectivity index (χ2v) is 4.62. The van der Waals surface area contributed by atoms with E-state index in [1.165, 1.54) is 5.56 Å². The van der Waals surface area contributed by atoms with Gasteiger partial charge in [-0.1, -0.05) is 26.0 Å². The summed E-state index contributed by atoms with van der Waals surface area (Å²) in [5, 5.41) is 7.69. The molecule has 0 saturated carbocycles. The van der Waals surface area contributed by atoms with E-state index in [2.05, 4.69) is 36.2 Å². The number of ether oxygens (including phenoxy) is 1. The quantitative estimate of drug-likeness (QED) is 0.863. The number of rotatable bonds is 6. The van der Waals surface area contributed by atoms with Crippen LogP contribution in [0.3, 0.4) is 0 Å². The molecular formula is C14H19N3O2. The molecule has 0 radical (unpaired) electrons. The van der Waals surface area contributed by atoms with Gasteiger partial charge in [0.05, 0.1) is 19.6 Å². The summed E-state index contributed by atoms with van der Waals surface area (Å²) in [5.74, 6) is 2.37. The van der Waals surface area contributed by atoms with Crippen LogP contribution in [0.15, 0.2) is 28.7 Å². The average molecular weight is 261 g/mol. The van der Waals surface area contributed by atoms with Crippen molar-refractivity contribution >= 4 is 0 Å². The molecule has 2 rings (SSSR count). The molecule has 0 aliphatic carbocycles. The predicted octanol–water partition coefficient (Wildman–Crippen LogP) is 2.27. The van der Waals surface area contributed by atoms with E-state index in [1.54, 1.807) is 0 Å². The minimum absolute atomic E-state index is 0.268. The van der Waals surface area contributed by atoms with E-state index in [4.69, 9.17) is 14.9 Å². The maximum atomic E-state index is 5.68. The molecule has 0 aliphatic heterocycles. The van der Waals surface area contributed by atoms with Crippen LogP contribution < -0.4 is 10.5 Å². The van der Waals surface area contributed by atoms with Gasteiger partial charge in [0.25, 0.3) is 0 Å². The Bertz CT molecular complexity index is 523. The van der Waals surface area contributed by atoms with Crippen LogP contribution in [0.5, 0.6) is 5.75 Å². The highest BCUT2D eigenvalue weighted by Gasteiger charge is 2.05. The average Bonchev–Trinajstić information content (AvgIpc) is 2.87. The number of hydrogen-bond donors (Lipinski definition) is 1. The van der Waals surface area contributed by atoms with Crippen LogP contribution in [0, 0.1) is 0 Å². The molecule has 2 aromatic rings. The van der Waals surface area contributed by atoms with Gasteiger partial charge >= 0.3 is 0 Å². The Morgan fingerprint density at radius 2 is 2.05 bits per heavy atom. The van der Waals surface area contributed by atoms with Gasteiger partial charge in [0.2, 0.25) is 11.8 Å². The lowest BCUT2D eigenvalue weighted by Crippen LogP contribution is -2.02. The molecule has 0 aliphatic rings. The van der Waals surface area contributed by atoms with Crippen molar-refractivity contribution in [2.45, 2.75) is 32.7 Å². The maximum Gasteiger partial charge on any atom is 0.230 e. The first-order valence-electron chi connectivity index (χ1n) is 6.43. The largest absolute Gasteiger partial charge is 0.493 e. The van der Waals surface area contributed by atoms with E-state index in [0.29, 0.717) is 30.7 Å². The van der Waals surface area contributed by atoms with Gasteiger partial charge in [0, 0.05) is 0 Å². The van der Waals surface area contributed by atoms with E-state index in [-0.39, 0.29) is 6.54 Å². The molecule has 0 atom stereocenters. The fraction of sp³-hybridized carbons (Fsp3) is 0.429. The van der Waals surface area contributed by atoms with Crippen LogP contribution in [0.1, 0.15) is 37.1 Å². The van der Waals surface area contributed by atoms with Gasteiger partial charge in [-0.05, 0) is 23.6 Å². The molecule has 0 spiro atoms. The first kappa shape index (κ1) is 13.5. The highest BCUT2D eigenvalue weighted by Crippen LogP contribution is 2.20. The van der Waals surface area contributed by atoms with Crippen LogP contribution in [0.4, 0.5) is 0 Å². The third-order valence-corrected chi connectivity index (χ3v) is 2.79. The molecule has 0 unspecified atom stereocenters. The third kappa shape index (κ3) is 3.79. The molecule has 5 nitrogen and oxygen atoms in total. The van der Waals surface area contributed by atoms with Crippen molar-refractivity contribution in [3.63, 3.8) is 0 Å². The van der Waals surface area contributed by atoms with Crippen LogP contribution >= 0.6 is 0 Å². The summed E-state index contributed by atoms with van der Waals surface area (Å²) in [6.45, 7) is 5.09. The fourth-order valence-corrected chi connectivity index (χ4v) is 1.69. The molecule has 0 fully saturated rings. The van der Waals surface area contributed by atoms with Crippen LogP contribution in [0.2, 0.25) is 0 Å². The molecule has 1 aromatic heterocycles. The number of hydrogen-bond acceptors (Lipinski definition) is 5. The Kier molecular flexibility index (Phi) is 4.52. The summed E-state index contributed by atoms with van der Waals surface area (Å²) in [4.78, 5) is 0.